The molecular formula is C43H27ClN2O. The summed E-state index contributed by atoms with van der Waals surface area (Å²) in [5.74, 6) is 0.558. The summed E-state index contributed by atoms with van der Waals surface area (Å²) in [5, 5.41) is 3.11. The Morgan fingerprint density at radius 2 is 0.936 bits per heavy atom. The fourth-order valence-electron chi connectivity index (χ4n) is 6.76. The van der Waals surface area contributed by atoms with Gasteiger partial charge in [0.15, 0.2) is 5.58 Å². The van der Waals surface area contributed by atoms with Crippen LogP contribution in [0.25, 0.3) is 83.4 Å². The Morgan fingerprint density at radius 3 is 1.51 bits per heavy atom. The summed E-state index contributed by atoms with van der Waals surface area (Å²) >= 11 is 6.35. The molecule has 0 spiro atoms. The van der Waals surface area contributed by atoms with E-state index in [4.69, 9.17) is 16.0 Å². The third-order valence-corrected chi connectivity index (χ3v) is 9.28. The number of rotatable bonds is 5. The van der Waals surface area contributed by atoms with Crippen molar-refractivity contribution >= 4 is 44.5 Å². The lowest BCUT2D eigenvalue weighted by atomic mass is 9.89. The van der Waals surface area contributed by atoms with E-state index in [0.717, 1.165) is 22.4 Å². The number of para-hydroxylation sites is 3. The highest BCUT2D eigenvalue weighted by molar-refractivity contribution is 6.34. The zero-order valence-corrected chi connectivity index (χ0v) is 26.0. The lowest BCUT2D eigenvalue weighted by molar-refractivity contribution is 0.620. The summed E-state index contributed by atoms with van der Waals surface area (Å²) in [4.78, 5) is 4.65. The molecule has 0 radical (unpaired) electrons. The van der Waals surface area contributed by atoms with Gasteiger partial charge in [-0.3, -0.25) is 0 Å². The molecule has 0 fully saturated rings. The summed E-state index contributed by atoms with van der Waals surface area (Å²) in [6, 6.07) is 57.4. The van der Waals surface area contributed by atoms with Crippen LogP contribution in [0.2, 0.25) is 5.02 Å². The molecule has 222 valence electrons. The number of oxazole rings is 1. The van der Waals surface area contributed by atoms with Gasteiger partial charge in [0.2, 0.25) is 5.89 Å². The zero-order valence-electron chi connectivity index (χ0n) is 25.3. The smallest absolute Gasteiger partial charge is 0.227 e. The fraction of sp³-hybridized carbons (Fsp3) is 0. The van der Waals surface area contributed by atoms with Crippen molar-refractivity contribution < 1.29 is 4.42 Å². The minimum atomic E-state index is 0.558. The van der Waals surface area contributed by atoms with Crippen molar-refractivity contribution in [1.29, 1.82) is 0 Å². The molecule has 0 aliphatic rings. The van der Waals surface area contributed by atoms with Crippen LogP contribution in [0, 0.1) is 0 Å². The second-order valence-electron chi connectivity index (χ2n) is 11.7. The van der Waals surface area contributed by atoms with Gasteiger partial charge in [0, 0.05) is 22.0 Å². The second-order valence-corrected chi connectivity index (χ2v) is 12.1. The van der Waals surface area contributed by atoms with Crippen LogP contribution < -0.4 is 0 Å². The maximum Gasteiger partial charge on any atom is 0.227 e. The van der Waals surface area contributed by atoms with Crippen LogP contribution in [0.1, 0.15) is 0 Å². The normalized spacial score (nSPS) is 11.5. The average Bonchev–Trinajstić information content (AvgIpc) is 3.73. The van der Waals surface area contributed by atoms with E-state index in [-0.39, 0.29) is 0 Å². The van der Waals surface area contributed by atoms with E-state index >= 15 is 0 Å². The number of fused-ring (bicyclic) bond motifs is 4. The Morgan fingerprint density at radius 1 is 0.447 bits per heavy atom. The Labute approximate surface area is 276 Å². The van der Waals surface area contributed by atoms with Gasteiger partial charge >= 0.3 is 0 Å². The molecule has 0 aliphatic heterocycles. The van der Waals surface area contributed by atoms with E-state index in [1.165, 1.54) is 44.1 Å². The highest BCUT2D eigenvalue weighted by Gasteiger charge is 2.16. The van der Waals surface area contributed by atoms with Crippen LogP contribution in [-0.2, 0) is 0 Å². The molecule has 0 saturated carbocycles. The number of halogens is 1. The van der Waals surface area contributed by atoms with E-state index in [2.05, 4.69) is 155 Å². The molecule has 4 heteroatoms. The summed E-state index contributed by atoms with van der Waals surface area (Å²) in [6.45, 7) is 0. The summed E-state index contributed by atoms with van der Waals surface area (Å²) in [7, 11) is 0. The minimum absolute atomic E-state index is 0.558. The molecule has 0 atom stereocenters. The molecule has 0 N–H and O–H groups in total. The van der Waals surface area contributed by atoms with E-state index in [1.54, 1.807) is 0 Å². The zero-order chi connectivity index (χ0) is 31.3. The van der Waals surface area contributed by atoms with Crippen molar-refractivity contribution in [2.75, 3.05) is 0 Å². The molecule has 0 amide bonds. The van der Waals surface area contributed by atoms with Gasteiger partial charge in [0.25, 0.3) is 0 Å². The van der Waals surface area contributed by atoms with Crippen molar-refractivity contribution in [3.8, 4) is 50.5 Å². The highest BCUT2D eigenvalue weighted by atomic mass is 35.5. The van der Waals surface area contributed by atoms with Crippen LogP contribution >= 0.6 is 11.6 Å². The quantitative estimate of drug-likeness (QED) is 0.191. The topological polar surface area (TPSA) is 31.0 Å². The number of aromatic nitrogens is 2. The molecule has 3 nitrogen and oxygen atoms in total. The Kier molecular flexibility index (Phi) is 6.51. The predicted molar refractivity (Wildman–Crippen MR) is 195 cm³/mol. The second kappa shape index (κ2) is 11.2. The van der Waals surface area contributed by atoms with Gasteiger partial charge in [-0.25, -0.2) is 4.98 Å². The maximum atomic E-state index is 6.35. The monoisotopic (exact) mass is 622 g/mol. The summed E-state index contributed by atoms with van der Waals surface area (Å²) in [6.07, 6.45) is 0. The number of hydrogen-bond donors (Lipinski definition) is 0. The van der Waals surface area contributed by atoms with Gasteiger partial charge < -0.3 is 8.98 Å². The van der Waals surface area contributed by atoms with Crippen molar-refractivity contribution in [1.82, 2.24) is 9.55 Å². The summed E-state index contributed by atoms with van der Waals surface area (Å²) in [5.41, 5.74) is 12.8. The third kappa shape index (κ3) is 4.63. The first kappa shape index (κ1) is 27.4. The number of benzene rings is 7. The van der Waals surface area contributed by atoms with Crippen molar-refractivity contribution in [3.63, 3.8) is 0 Å². The maximum absolute atomic E-state index is 6.35. The van der Waals surface area contributed by atoms with E-state index in [1.807, 2.05) is 18.2 Å². The largest absolute Gasteiger partial charge is 0.436 e. The molecule has 7 aromatic carbocycles. The van der Waals surface area contributed by atoms with Crippen molar-refractivity contribution in [3.05, 3.63) is 169 Å². The molecule has 0 saturated heterocycles. The fourth-order valence-corrected chi connectivity index (χ4v) is 6.97. The Balaban J connectivity index is 1.09. The number of hydrogen-bond acceptors (Lipinski definition) is 2. The molecule has 9 rings (SSSR count). The molecule has 47 heavy (non-hydrogen) atoms. The van der Waals surface area contributed by atoms with Crippen LogP contribution in [0.5, 0.6) is 0 Å². The Bertz CT molecular complexity index is 2520. The molecule has 9 aromatic rings. The Hall–Kier alpha value is -5.90. The molecule has 2 heterocycles. The van der Waals surface area contributed by atoms with E-state index in [0.29, 0.717) is 22.0 Å². The molecular weight excluding hydrogens is 596 g/mol. The number of nitrogens with zero attached hydrogens (tertiary/aromatic N) is 2. The average molecular weight is 623 g/mol. The lowest BCUT2D eigenvalue weighted by Gasteiger charge is -2.15. The van der Waals surface area contributed by atoms with Crippen molar-refractivity contribution in [2.45, 2.75) is 0 Å². The van der Waals surface area contributed by atoms with Crippen LogP contribution in [0.4, 0.5) is 0 Å². The minimum Gasteiger partial charge on any atom is -0.436 e. The predicted octanol–water partition coefficient (Wildman–Crippen LogP) is 12.2. The van der Waals surface area contributed by atoms with Crippen LogP contribution in [-0.4, -0.2) is 9.55 Å². The van der Waals surface area contributed by atoms with Gasteiger partial charge in [0.1, 0.15) is 5.52 Å². The van der Waals surface area contributed by atoms with Gasteiger partial charge in [-0.15, -0.1) is 0 Å². The van der Waals surface area contributed by atoms with Gasteiger partial charge in [0.05, 0.1) is 16.1 Å². The van der Waals surface area contributed by atoms with Gasteiger partial charge in [-0.1, -0.05) is 127 Å². The SMILES string of the molecule is Clc1cccc2oc(-c3ccc(-c4ccccc4-c4ccccc4-c4ccc(-n5c6ccccc6c6ccccc65)cc4)cc3)nc12. The highest BCUT2D eigenvalue weighted by Crippen LogP contribution is 2.40. The lowest BCUT2D eigenvalue weighted by Crippen LogP contribution is -1.94. The van der Waals surface area contributed by atoms with Gasteiger partial charge in [-0.2, -0.15) is 0 Å². The standard InChI is InChI=1S/C43H27ClN2O/c44-38-16-9-19-41-42(38)45-43(47-41)30-22-20-28(21-23-30)32-10-1-3-12-34(32)35-13-4-2-11-33(35)29-24-26-31(27-25-29)46-39-17-7-5-14-36(39)37-15-6-8-18-40(37)46/h1-27H. The molecule has 0 bridgehead atoms. The van der Waals surface area contributed by atoms with E-state index < -0.39 is 0 Å². The van der Waals surface area contributed by atoms with E-state index in [9.17, 15) is 0 Å². The first-order chi connectivity index (χ1) is 23.2. The molecule has 2 aromatic heterocycles. The molecule has 0 aliphatic carbocycles. The van der Waals surface area contributed by atoms with Gasteiger partial charge in [-0.05, 0) is 81.9 Å². The molecule has 0 unspecified atom stereocenters. The van der Waals surface area contributed by atoms with Crippen LogP contribution in [0.3, 0.4) is 0 Å². The third-order valence-electron chi connectivity index (χ3n) is 8.97. The van der Waals surface area contributed by atoms with Crippen LogP contribution in [0.15, 0.2) is 168 Å². The van der Waals surface area contributed by atoms with Crippen molar-refractivity contribution in [2.24, 2.45) is 0 Å². The first-order valence-electron chi connectivity index (χ1n) is 15.7. The summed E-state index contributed by atoms with van der Waals surface area (Å²) < 4.78 is 8.37. The first-order valence-corrected chi connectivity index (χ1v) is 16.0.